The van der Waals surface area contributed by atoms with Gasteiger partial charge in [0.1, 0.15) is 16.3 Å². The van der Waals surface area contributed by atoms with Crippen molar-refractivity contribution < 1.29 is 9.53 Å². The zero-order valence-corrected chi connectivity index (χ0v) is 14.0. The number of H-pyrrole nitrogens is 1. The molecule has 0 fully saturated rings. The smallest absolute Gasteiger partial charge is 0.268 e. The van der Waals surface area contributed by atoms with Gasteiger partial charge < -0.3 is 14.6 Å². The topological polar surface area (TPSA) is 75.3 Å². The SMILES string of the molecule is CN(Cc1nc2ccsc2c(=O)[nH]1)C(=O)CCOc1ccccc1. The minimum absolute atomic E-state index is 0.0704. The number of carbonyl (C=O) groups is 1. The summed E-state index contributed by atoms with van der Waals surface area (Å²) < 4.78 is 6.12. The highest BCUT2D eigenvalue weighted by Gasteiger charge is 2.12. The third kappa shape index (κ3) is 3.80. The van der Waals surface area contributed by atoms with Gasteiger partial charge in [0.15, 0.2) is 0 Å². The van der Waals surface area contributed by atoms with Gasteiger partial charge in [-0.2, -0.15) is 0 Å². The van der Waals surface area contributed by atoms with Crippen molar-refractivity contribution in [1.82, 2.24) is 14.9 Å². The molecule has 2 aromatic heterocycles. The lowest BCUT2D eigenvalue weighted by atomic mass is 10.3. The van der Waals surface area contributed by atoms with E-state index >= 15 is 0 Å². The first kappa shape index (κ1) is 16.2. The van der Waals surface area contributed by atoms with Gasteiger partial charge in [0, 0.05) is 7.05 Å². The van der Waals surface area contributed by atoms with E-state index < -0.39 is 0 Å². The van der Waals surface area contributed by atoms with E-state index in [1.54, 1.807) is 13.1 Å². The van der Waals surface area contributed by atoms with E-state index in [9.17, 15) is 9.59 Å². The molecule has 3 rings (SSSR count). The Kier molecular flexibility index (Phi) is 4.90. The average Bonchev–Trinajstić information content (AvgIpc) is 3.04. The minimum atomic E-state index is -0.168. The lowest BCUT2D eigenvalue weighted by Gasteiger charge is -2.16. The molecule has 0 atom stereocenters. The van der Waals surface area contributed by atoms with Crippen LogP contribution in [-0.4, -0.2) is 34.4 Å². The maximum absolute atomic E-state index is 12.2. The second kappa shape index (κ2) is 7.27. The number of carbonyl (C=O) groups excluding carboxylic acids is 1. The summed E-state index contributed by atoms with van der Waals surface area (Å²) in [6.45, 7) is 0.561. The van der Waals surface area contributed by atoms with Crippen LogP contribution in [0.15, 0.2) is 46.6 Å². The Labute approximate surface area is 142 Å². The molecule has 0 aliphatic rings. The largest absolute Gasteiger partial charge is 0.493 e. The van der Waals surface area contributed by atoms with E-state index in [4.69, 9.17) is 4.74 Å². The van der Waals surface area contributed by atoms with E-state index in [2.05, 4.69) is 9.97 Å². The molecular formula is C17H17N3O3S. The molecule has 24 heavy (non-hydrogen) atoms. The van der Waals surface area contributed by atoms with Gasteiger partial charge in [-0.1, -0.05) is 18.2 Å². The molecular weight excluding hydrogens is 326 g/mol. The Morgan fingerprint density at radius 2 is 2.08 bits per heavy atom. The molecule has 0 aliphatic carbocycles. The van der Waals surface area contributed by atoms with Gasteiger partial charge in [0.05, 0.1) is 25.1 Å². The number of aromatic amines is 1. The van der Waals surface area contributed by atoms with Crippen LogP contribution in [0.3, 0.4) is 0 Å². The van der Waals surface area contributed by atoms with Gasteiger partial charge >= 0.3 is 0 Å². The first-order valence-electron chi connectivity index (χ1n) is 7.51. The first-order valence-corrected chi connectivity index (χ1v) is 8.39. The van der Waals surface area contributed by atoms with Crippen molar-refractivity contribution in [2.24, 2.45) is 0 Å². The normalized spacial score (nSPS) is 10.7. The van der Waals surface area contributed by atoms with E-state index in [1.807, 2.05) is 35.7 Å². The molecule has 2 heterocycles. The maximum atomic E-state index is 12.2. The summed E-state index contributed by atoms with van der Waals surface area (Å²) in [5, 5.41) is 1.83. The highest BCUT2D eigenvalue weighted by atomic mass is 32.1. The predicted molar refractivity (Wildman–Crippen MR) is 93.3 cm³/mol. The fraction of sp³-hybridized carbons (Fsp3) is 0.235. The minimum Gasteiger partial charge on any atom is -0.493 e. The summed E-state index contributed by atoms with van der Waals surface area (Å²) in [5.41, 5.74) is 0.491. The summed E-state index contributed by atoms with van der Waals surface area (Å²) in [6, 6.07) is 11.2. The second-order valence-corrected chi connectivity index (χ2v) is 6.23. The van der Waals surface area contributed by atoms with Gasteiger partial charge in [0.25, 0.3) is 5.56 Å². The van der Waals surface area contributed by atoms with Gasteiger partial charge in [-0.05, 0) is 23.6 Å². The lowest BCUT2D eigenvalue weighted by molar-refractivity contribution is -0.131. The second-order valence-electron chi connectivity index (χ2n) is 5.31. The van der Waals surface area contributed by atoms with Crippen molar-refractivity contribution in [3.8, 4) is 5.75 Å². The van der Waals surface area contributed by atoms with Crippen molar-refractivity contribution in [2.75, 3.05) is 13.7 Å². The van der Waals surface area contributed by atoms with Crippen LogP contribution in [0.4, 0.5) is 0 Å². The third-order valence-electron chi connectivity index (χ3n) is 3.50. The molecule has 0 aliphatic heterocycles. The number of aromatic nitrogens is 2. The Bertz CT molecular complexity index is 889. The molecule has 6 nitrogen and oxygen atoms in total. The summed E-state index contributed by atoms with van der Waals surface area (Å²) in [6.07, 6.45) is 0.260. The summed E-state index contributed by atoms with van der Waals surface area (Å²) in [4.78, 5) is 32.7. The number of thiophene rings is 1. The molecule has 0 radical (unpaired) electrons. The lowest BCUT2D eigenvalue weighted by Crippen LogP contribution is -2.29. The molecule has 7 heteroatoms. The predicted octanol–water partition coefficient (Wildman–Crippen LogP) is 2.41. The van der Waals surface area contributed by atoms with Crippen LogP contribution in [0.2, 0.25) is 0 Å². The Morgan fingerprint density at radius 3 is 2.88 bits per heavy atom. The monoisotopic (exact) mass is 343 g/mol. The standard InChI is InChI=1S/C17H17N3O3S/c1-20(15(21)7-9-23-12-5-3-2-4-6-12)11-14-18-13-8-10-24-16(13)17(22)19-14/h2-6,8,10H,7,9,11H2,1H3,(H,18,19,22). The number of amides is 1. The fourth-order valence-corrected chi connectivity index (χ4v) is 3.00. The molecule has 0 spiro atoms. The molecule has 0 saturated carbocycles. The summed E-state index contributed by atoms with van der Waals surface area (Å²) in [5.74, 6) is 1.14. The van der Waals surface area contributed by atoms with Gasteiger partial charge in [-0.15, -0.1) is 11.3 Å². The summed E-state index contributed by atoms with van der Waals surface area (Å²) >= 11 is 1.35. The summed E-state index contributed by atoms with van der Waals surface area (Å²) in [7, 11) is 1.68. The molecule has 1 amide bonds. The fourth-order valence-electron chi connectivity index (χ4n) is 2.27. The number of nitrogens with zero attached hydrogens (tertiary/aromatic N) is 2. The van der Waals surface area contributed by atoms with Crippen LogP contribution >= 0.6 is 11.3 Å². The van der Waals surface area contributed by atoms with Crippen LogP contribution in [0.5, 0.6) is 5.75 Å². The van der Waals surface area contributed by atoms with Crippen molar-refractivity contribution in [3.05, 3.63) is 58.0 Å². The van der Waals surface area contributed by atoms with Crippen molar-refractivity contribution in [3.63, 3.8) is 0 Å². The number of para-hydroxylation sites is 1. The molecule has 0 saturated heterocycles. The number of ether oxygens (including phenoxy) is 1. The number of fused-ring (bicyclic) bond motifs is 1. The Hall–Kier alpha value is -2.67. The van der Waals surface area contributed by atoms with E-state index in [0.717, 1.165) is 5.75 Å². The number of rotatable bonds is 6. The van der Waals surface area contributed by atoms with Crippen LogP contribution in [0, 0.1) is 0 Å². The number of hydrogen-bond donors (Lipinski definition) is 1. The zero-order valence-electron chi connectivity index (χ0n) is 13.2. The molecule has 124 valence electrons. The number of hydrogen-bond acceptors (Lipinski definition) is 5. The molecule has 0 bridgehead atoms. The molecule has 1 N–H and O–H groups in total. The quantitative estimate of drug-likeness (QED) is 0.746. The van der Waals surface area contributed by atoms with Gasteiger partial charge in [-0.25, -0.2) is 4.98 Å². The van der Waals surface area contributed by atoms with E-state index in [0.29, 0.717) is 22.6 Å². The Morgan fingerprint density at radius 1 is 1.29 bits per heavy atom. The van der Waals surface area contributed by atoms with Crippen LogP contribution in [0.1, 0.15) is 12.2 Å². The van der Waals surface area contributed by atoms with E-state index in [1.165, 1.54) is 16.2 Å². The van der Waals surface area contributed by atoms with Crippen LogP contribution in [-0.2, 0) is 11.3 Å². The van der Waals surface area contributed by atoms with Crippen molar-refractivity contribution in [1.29, 1.82) is 0 Å². The van der Waals surface area contributed by atoms with Gasteiger partial charge in [0.2, 0.25) is 5.91 Å². The zero-order chi connectivity index (χ0) is 16.9. The van der Waals surface area contributed by atoms with Crippen molar-refractivity contribution in [2.45, 2.75) is 13.0 Å². The third-order valence-corrected chi connectivity index (χ3v) is 4.41. The van der Waals surface area contributed by atoms with Crippen molar-refractivity contribution >= 4 is 27.5 Å². The maximum Gasteiger partial charge on any atom is 0.268 e. The Balaban J connectivity index is 1.56. The molecule has 1 aromatic carbocycles. The first-order chi connectivity index (χ1) is 11.6. The number of benzene rings is 1. The van der Waals surface area contributed by atoms with Gasteiger partial charge in [-0.3, -0.25) is 9.59 Å². The van der Waals surface area contributed by atoms with E-state index in [-0.39, 0.29) is 24.4 Å². The highest BCUT2D eigenvalue weighted by molar-refractivity contribution is 7.17. The van der Waals surface area contributed by atoms with Crippen LogP contribution < -0.4 is 10.3 Å². The molecule has 3 aromatic rings. The number of nitrogens with one attached hydrogen (secondary N) is 1. The molecule has 0 unspecified atom stereocenters. The van der Waals surface area contributed by atoms with Crippen LogP contribution in [0.25, 0.3) is 10.2 Å². The highest BCUT2D eigenvalue weighted by Crippen LogP contribution is 2.14. The average molecular weight is 343 g/mol.